The molecular formula is C14H22ClN5O. The fourth-order valence-corrected chi connectivity index (χ4v) is 2.74. The first-order chi connectivity index (χ1) is 10.1. The second-order valence-corrected chi connectivity index (χ2v) is 5.67. The molecule has 6 nitrogen and oxygen atoms in total. The molecule has 4 N–H and O–H groups in total. The predicted molar refractivity (Wildman–Crippen MR) is 84.3 cm³/mol. The van der Waals surface area contributed by atoms with Crippen LogP contribution in [0.3, 0.4) is 0 Å². The number of hydrazine groups is 1. The second kappa shape index (κ2) is 7.59. The maximum atomic E-state index is 12.3. The van der Waals surface area contributed by atoms with Crippen LogP contribution in [0.5, 0.6) is 0 Å². The van der Waals surface area contributed by atoms with E-state index in [0.29, 0.717) is 10.8 Å². The van der Waals surface area contributed by atoms with Crippen molar-refractivity contribution in [2.75, 3.05) is 25.1 Å². The fraction of sp³-hybridized carbons (Fsp3) is 0.571. The lowest BCUT2D eigenvalue weighted by atomic mass is 10.0. The Bertz CT molecular complexity index is 488. The summed E-state index contributed by atoms with van der Waals surface area (Å²) in [6, 6.07) is 3.42. The van der Waals surface area contributed by atoms with Gasteiger partial charge in [0.15, 0.2) is 0 Å². The molecule has 0 bridgehead atoms. The molecule has 0 atom stereocenters. The van der Waals surface area contributed by atoms with Crippen LogP contribution in [0.4, 0.5) is 5.82 Å². The van der Waals surface area contributed by atoms with Gasteiger partial charge in [0.25, 0.3) is 5.91 Å². The normalized spacial score (nSPS) is 16.7. The van der Waals surface area contributed by atoms with E-state index in [1.165, 1.54) is 0 Å². The summed E-state index contributed by atoms with van der Waals surface area (Å²) < 4.78 is 0. The number of carbonyl (C=O) groups excluding carboxylic acids is 1. The highest BCUT2D eigenvalue weighted by Gasteiger charge is 2.22. The zero-order valence-corrected chi connectivity index (χ0v) is 13.0. The highest BCUT2D eigenvalue weighted by molar-refractivity contribution is 6.33. The minimum absolute atomic E-state index is 0.179. The third-order valence-electron chi connectivity index (χ3n) is 3.67. The Balaban J connectivity index is 1.93. The number of hydrogen-bond donors (Lipinski definition) is 3. The summed E-state index contributed by atoms with van der Waals surface area (Å²) in [4.78, 5) is 18.8. The van der Waals surface area contributed by atoms with Gasteiger partial charge in [-0.15, -0.1) is 0 Å². The Hall–Kier alpha value is -1.37. The van der Waals surface area contributed by atoms with Crippen LogP contribution in [0, 0.1) is 0 Å². The number of piperidine rings is 1. The zero-order valence-electron chi connectivity index (χ0n) is 12.2. The first kappa shape index (κ1) is 16.0. The van der Waals surface area contributed by atoms with Crippen LogP contribution in [0.15, 0.2) is 12.1 Å². The lowest BCUT2D eigenvalue weighted by Crippen LogP contribution is -2.45. The topological polar surface area (TPSA) is 83.3 Å². The van der Waals surface area contributed by atoms with Crippen LogP contribution < -0.4 is 16.6 Å². The fourth-order valence-electron chi connectivity index (χ4n) is 2.55. The average molecular weight is 312 g/mol. The molecular weight excluding hydrogens is 290 g/mol. The first-order valence-electron chi connectivity index (χ1n) is 7.30. The van der Waals surface area contributed by atoms with Gasteiger partial charge in [0.1, 0.15) is 11.5 Å². The Morgan fingerprint density at radius 1 is 1.48 bits per heavy atom. The van der Waals surface area contributed by atoms with Crippen LogP contribution >= 0.6 is 11.6 Å². The average Bonchev–Trinajstić information content (AvgIpc) is 2.50. The summed E-state index contributed by atoms with van der Waals surface area (Å²) in [5.74, 6) is 5.48. The molecule has 1 aromatic rings. The van der Waals surface area contributed by atoms with Crippen molar-refractivity contribution in [2.45, 2.75) is 32.2 Å². The van der Waals surface area contributed by atoms with Crippen molar-refractivity contribution in [3.63, 3.8) is 0 Å². The van der Waals surface area contributed by atoms with Crippen molar-refractivity contribution in [1.29, 1.82) is 0 Å². The zero-order chi connectivity index (χ0) is 15.2. The molecule has 1 aromatic heterocycles. The summed E-state index contributed by atoms with van der Waals surface area (Å²) in [6.45, 7) is 5.34. The number of nitrogens with one attached hydrogen (secondary N) is 2. The smallest absolute Gasteiger partial charge is 0.271 e. The summed E-state index contributed by atoms with van der Waals surface area (Å²) in [5, 5.41) is 3.34. The molecule has 0 aromatic carbocycles. The number of likely N-dealkylation sites (tertiary alicyclic amines) is 1. The van der Waals surface area contributed by atoms with E-state index < -0.39 is 0 Å². The van der Waals surface area contributed by atoms with Crippen molar-refractivity contribution >= 4 is 23.3 Å². The van der Waals surface area contributed by atoms with E-state index in [1.807, 2.05) is 0 Å². The number of rotatable bonds is 5. The van der Waals surface area contributed by atoms with E-state index in [0.717, 1.165) is 38.9 Å². The Labute approximate surface area is 130 Å². The molecule has 2 heterocycles. The molecule has 0 aliphatic carbocycles. The van der Waals surface area contributed by atoms with Crippen molar-refractivity contribution < 1.29 is 4.79 Å². The van der Waals surface area contributed by atoms with Gasteiger partial charge >= 0.3 is 0 Å². The number of halogens is 1. The Morgan fingerprint density at radius 3 is 2.81 bits per heavy atom. The highest BCUT2D eigenvalue weighted by Crippen LogP contribution is 2.17. The van der Waals surface area contributed by atoms with Crippen LogP contribution in [0.1, 0.15) is 36.7 Å². The SMILES string of the molecule is CCCN1CCC(NC(=O)c2nc(NN)ccc2Cl)CC1. The summed E-state index contributed by atoms with van der Waals surface area (Å²) >= 11 is 6.03. The molecule has 1 aliphatic rings. The molecule has 1 aliphatic heterocycles. The first-order valence-corrected chi connectivity index (χ1v) is 7.68. The van der Waals surface area contributed by atoms with Gasteiger partial charge < -0.3 is 15.6 Å². The van der Waals surface area contributed by atoms with E-state index in [9.17, 15) is 4.79 Å². The van der Waals surface area contributed by atoms with E-state index in [-0.39, 0.29) is 17.6 Å². The number of anilines is 1. The summed E-state index contributed by atoms with van der Waals surface area (Å²) in [7, 11) is 0. The summed E-state index contributed by atoms with van der Waals surface area (Å²) in [5.41, 5.74) is 2.63. The highest BCUT2D eigenvalue weighted by atomic mass is 35.5. The van der Waals surface area contributed by atoms with E-state index in [4.69, 9.17) is 17.4 Å². The van der Waals surface area contributed by atoms with Crippen LogP contribution in [-0.4, -0.2) is 41.5 Å². The molecule has 0 spiro atoms. The number of amides is 1. The molecule has 0 saturated carbocycles. The molecule has 0 radical (unpaired) electrons. The number of carbonyl (C=O) groups is 1. The monoisotopic (exact) mass is 311 g/mol. The maximum Gasteiger partial charge on any atom is 0.271 e. The van der Waals surface area contributed by atoms with E-state index in [2.05, 4.69) is 27.6 Å². The van der Waals surface area contributed by atoms with Gasteiger partial charge in [0.2, 0.25) is 0 Å². The van der Waals surface area contributed by atoms with Crippen molar-refractivity contribution in [3.8, 4) is 0 Å². The Kier molecular flexibility index (Phi) is 5.78. The standard InChI is InChI=1S/C14H22ClN5O/c1-2-7-20-8-5-10(6-9-20)17-14(21)13-11(15)3-4-12(18-13)19-16/h3-4,10H,2,5-9,16H2,1H3,(H,17,21)(H,18,19). The lowest BCUT2D eigenvalue weighted by Gasteiger charge is -2.32. The van der Waals surface area contributed by atoms with Crippen molar-refractivity contribution in [3.05, 3.63) is 22.8 Å². The van der Waals surface area contributed by atoms with E-state index in [1.54, 1.807) is 12.1 Å². The summed E-state index contributed by atoms with van der Waals surface area (Å²) in [6.07, 6.45) is 3.08. The van der Waals surface area contributed by atoms with Crippen LogP contribution in [0.25, 0.3) is 0 Å². The molecule has 1 fully saturated rings. The van der Waals surface area contributed by atoms with Gasteiger partial charge in [-0.05, 0) is 37.9 Å². The van der Waals surface area contributed by atoms with Crippen molar-refractivity contribution in [2.24, 2.45) is 5.84 Å². The van der Waals surface area contributed by atoms with E-state index >= 15 is 0 Å². The molecule has 7 heteroatoms. The van der Waals surface area contributed by atoms with Gasteiger partial charge in [-0.2, -0.15) is 0 Å². The van der Waals surface area contributed by atoms with Crippen LogP contribution in [0.2, 0.25) is 5.02 Å². The number of pyridine rings is 1. The number of aromatic nitrogens is 1. The van der Waals surface area contributed by atoms with Crippen LogP contribution in [-0.2, 0) is 0 Å². The molecule has 116 valence electrons. The van der Waals surface area contributed by atoms with Crippen molar-refractivity contribution in [1.82, 2.24) is 15.2 Å². The second-order valence-electron chi connectivity index (χ2n) is 5.26. The molecule has 2 rings (SSSR count). The lowest BCUT2D eigenvalue weighted by molar-refractivity contribution is 0.0906. The minimum Gasteiger partial charge on any atom is -0.348 e. The van der Waals surface area contributed by atoms with Gasteiger partial charge in [-0.1, -0.05) is 18.5 Å². The quantitative estimate of drug-likeness (QED) is 0.568. The van der Waals surface area contributed by atoms with Gasteiger partial charge in [0.05, 0.1) is 5.02 Å². The third-order valence-corrected chi connectivity index (χ3v) is 3.98. The molecule has 21 heavy (non-hydrogen) atoms. The Morgan fingerprint density at radius 2 is 2.19 bits per heavy atom. The van der Waals surface area contributed by atoms with Gasteiger partial charge in [-0.3, -0.25) is 4.79 Å². The number of nitrogen functional groups attached to an aromatic ring is 1. The maximum absolute atomic E-state index is 12.3. The largest absolute Gasteiger partial charge is 0.348 e. The third kappa shape index (κ3) is 4.30. The van der Waals surface area contributed by atoms with Gasteiger partial charge in [0, 0.05) is 19.1 Å². The molecule has 1 saturated heterocycles. The molecule has 1 amide bonds. The molecule has 0 unspecified atom stereocenters. The minimum atomic E-state index is -0.244. The number of nitrogens with zero attached hydrogens (tertiary/aromatic N) is 2. The number of hydrogen-bond acceptors (Lipinski definition) is 5. The number of nitrogens with two attached hydrogens (primary N) is 1. The van der Waals surface area contributed by atoms with Gasteiger partial charge in [-0.25, -0.2) is 10.8 Å². The predicted octanol–water partition coefficient (Wildman–Crippen LogP) is 1.62.